The third-order valence-corrected chi connectivity index (χ3v) is 3.64. The number of benzene rings is 2. The minimum atomic E-state index is -0.146. The first kappa shape index (κ1) is 17.8. The molecule has 0 radical (unpaired) electrons. The maximum Gasteiger partial charge on any atom is 0.248 e. The van der Waals surface area contributed by atoms with E-state index in [2.05, 4.69) is 26.1 Å². The van der Waals surface area contributed by atoms with Crippen molar-refractivity contribution in [3.8, 4) is 5.75 Å². The van der Waals surface area contributed by atoms with Gasteiger partial charge in [0.1, 0.15) is 5.75 Å². The van der Waals surface area contributed by atoms with Gasteiger partial charge in [0.2, 0.25) is 5.91 Å². The van der Waals surface area contributed by atoms with Gasteiger partial charge in [0.25, 0.3) is 0 Å². The van der Waals surface area contributed by atoms with Crippen LogP contribution >= 0.6 is 0 Å². The Bertz CT molecular complexity index is 692. The molecule has 1 N–H and O–H groups in total. The number of amides is 1. The van der Waals surface area contributed by atoms with E-state index in [1.165, 1.54) is 11.6 Å². The normalized spacial score (nSPS) is 11.5. The van der Waals surface area contributed by atoms with Crippen molar-refractivity contribution in [1.82, 2.24) is 0 Å². The number of ether oxygens (including phenoxy) is 1. The number of carbonyl (C=O) groups is 1. The van der Waals surface area contributed by atoms with Crippen LogP contribution in [0.25, 0.3) is 6.08 Å². The maximum absolute atomic E-state index is 12.0. The Kier molecular flexibility index (Phi) is 5.80. The Labute approximate surface area is 144 Å². The summed E-state index contributed by atoms with van der Waals surface area (Å²) in [6, 6.07) is 15.6. The number of nitrogens with one attached hydrogen (secondary N) is 1. The second kappa shape index (κ2) is 7.82. The average Bonchev–Trinajstić information content (AvgIpc) is 2.54. The molecule has 0 aliphatic carbocycles. The van der Waals surface area contributed by atoms with Gasteiger partial charge in [-0.25, -0.2) is 0 Å². The number of hydrogen-bond acceptors (Lipinski definition) is 2. The Morgan fingerprint density at radius 3 is 2.21 bits per heavy atom. The summed E-state index contributed by atoms with van der Waals surface area (Å²) < 4.78 is 5.40. The molecule has 0 spiro atoms. The number of anilines is 1. The van der Waals surface area contributed by atoms with Crippen LogP contribution in [0, 0.1) is 0 Å². The first-order valence-corrected chi connectivity index (χ1v) is 8.21. The SMILES string of the molecule is CCOc1ccc(C=CC(=O)Nc2ccc(C(C)(C)C)cc2)cc1. The van der Waals surface area contributed by atoms with Crippen molar-refractivity contribution in [2.45, 2.75) is 33.1 Å². The second-order valence-corrected chi connectivity index (χ2v) is 6.65. The lowest BCUT2D eigenvalue weighted by Gasteiger charge is -2.19. The summed E-state index contributed by atoms with van der Waals surface area (Å²) in [4.78, 5) is 12.0. The van der Waals surface area contributed by atoms with Gasteiger partial charge in [-0.05, 0) is 53.8 Å². The van der Waals surface area contributed by atoms with Crippen molar-refractivity contribution in [2.75, 3.05) is 11.9 Å². The standard InChI is InChI=1S/C21H25NO2/c1-5-24-19-13-6-16(7-14-19)8-15-20(23)22-18-11-9-17(10-12-18)21(2,3)4/h6-15H,5H2,1-4H3,(H,22,23). The molecule has 24 heavy (non-hydrogen) atoms. The summed E-state index contributed by atoms with van der Waals surface area (Å²) in [7, 11) is 0. The minimum Gasteiger partial charge on any atom is -0.494 e. The van der Waals surface area contributed by atoms with Crippen molar-refractivity contribution >= 4 is 17.7 Å². The Morgan fingerprint density at radius 2 is 1.67 bits per heavy atom. The molecule has 3 nitrogen and oxygen atoms in total. The first-order valence-electron chi connectivity index (χ1n) is 8.21. The van der Waals surface area contributed by atoms with Crippen LogP contribution in [0.4, 0.5) is 5.69 Å². The van der Waals surface area contributed by atoms with Crippen LogP contribution in [0.1, 0.15) is 38.8 Å². The van der Waals surface area contributed by atoms with Crippen molar-refractivity contribution in [1.29, 1.82) is 0 Å². The van der Waals surface area contributed by atoms with Crippen molar-refractivity contribution < 1.29 is 9.53 Å². The van der Waals surface area contributed by atoms with Gasteiger partial charge in [-0.15, -0.1) is 0 Å². The van der Waals surface area contributed by atoms with Crippen LogP contribution in [0.2, 0.25) is 0 Å². The third kappa shape index (κ3) is 5.27. The first-order chi connectivity index (χ1) is 11.4. The predicted molar refractivity (Wildman–Crippen MR) is 100 cm³/mol. The third-order valence-electron chi connectivity index (χ3n) is 3.64. The predicted octanol–water partition coefficient (Wildman–Crippen LogP) is 5.03. The molecule has 2 aromatic carbocycles. The van der Waals surface area contributed by atoms with Gasteiger partial charge in [-0.1, -0.05) is 45.0 Å². The fourth-order valence-corrected chi connectivity index (χ4v) is 2.25. The monoisotopic (exact) mass is 323 g/mol. The van der Waals surface area contributed by atoms with E-state index < -0.39 is 0 Å². The molecule has 0 unspecified atom stereocenters. The molecule has 3 heteroatoms. The van der Waals surface area contributed by atoms with E-state index in [9.17, 15) is 4.79 Å². The van der Waals surface area contributed by atoms with Crippen LogP contribution in [0.3, 0.4) is 0 Å². The highest BCUT2D eigenvalue weighted by atomic mass is 16.5. The van der Waals surface area contributed by atoms with E-state index in [1.54, 1.807) is 6.08 Å². The van der Waals surface area contributed by atoms with Crippen molar-refractivity contribution in [2.24, 2.45) is 0 Å². The second-order valence-electron chi connectivity index (χ2n) is 6.65. The summed E-state index contributed by atoms with van der Waals surface area (Å²) in [5.74, 6) is 0.686. The lowest BCUT2D eigenvalue weighted by atomic mass is 9.87. The highest BCUT2D eigenvalue weighted by Gasteiger charge is 2.12. The van der Waals surface area contributed by atoms with E-state index in [0.717, 1.165) is 17.0 Å². The van der Waals surface area contributed by atoms with Crippen molar-refractivity contribution in [3.05, 3.63) is 65.7 Å². The Morgan fingerprint density at radius 1 is 1.04 bits per heavy atom. The van der Waals surface area contributed by atoms with Gasteiger partial charge in [-0.2, -0.15) is 0 Å². The zero-order chi connectivity index (χ0) is 17.6. The molecule has 0 heterocycles. The smallest absolute Gasteiger partial charge is 0.248 e. The molecule has 2 rings (SSSR count). The quantitative estimate of drug-likeness (QED) is 0.783. The molecule has 126 valence electrons. The highest BCUT2D eigenvalue weighted by Crippen LogP contribution is 2.23. The molecular weight excluding hydrogens is 298 g/mol. The highest BCUT2D eigenvalue weighted by molar-refractivity contribution is 6.01. The van der Waals surface area contributed by atoms with E-state index in [4.69, 9.17) is 4.74 Å². The van der Waals surface area contributed by atoms with Gasteiger partial charge in [0, 0.05) is 11.8 Å². The summed E-state index contributed by atoms with van der Waals surface area (Å²) in [5.41, 5.74) is 3.10. The molecule has 0 aliphatic heterocycles. The summed E-state index contributed by atoms with van der Waals surface area (Å²) >= 11 is 0. The van der Waals surface area contributed by atoms with Crippen molar-refractivity contribution in [3.63, 3.8) is 0 Å². The largest absolute Gasteiger partial charge is 0.494 e. The van der Waals surface area contributed by atoms with Gasteiger partial charge in [-0.3, -0.25) is 4.79 Å². The Hall–Kier alpha value is -2.55. The molecule has 0 fully saturated rings. The number of rotatable bonds is 5. The topological polar surface area (TPSA) is 38.3 Å². The lowest BCUT2D eigenvalue weighted by molar-refractivity contribution is -0.111. The molecule has 0 saturated carbocycles. The summed E-state index contributed by atoms with van der Waals surface area (Å²) in [6.45, 7) is 9.10. The molecule has 2 aromatic rings. The Balaban J connectivity index is 1.95. The lowest BCUT2D eigenvalue weighted by Crippen LogP contribution is -2.12. The van der Waals surface area contributed by atoms with Gasteiger partial charge in [0.05, 0.1) is 6.61 Å². The van der Waals surface area contributed by atoms with E-state index in [0.29, 0.717) is 6.61 Å². The number of carbonyl (C=O) groups excluding carboxylic acids is 1. The molecular formula is C21H25NO2. The number of hydrogen-bond donors (Lipinski definition) is 1. The molecule has 1 amide bonds. The molecule has 0 atom stereocenters. The fourth-order valence-electron chi connectivity index (χ4n) is 2.25. The zero-order valence-corrected chi connectivity index (χ0v) is 14.8. The van der Waals surface area contributed by atoms with Gasteiger partial charge < -0.3 is 10.1 Å². The van der Waals surface area contributed by atoms with E-state index in [1.807, 2.05) is 55.5 Å². The zero-order valence-electron chi connectivity index (χ0n) is 14.8. The van der Waals surface area contributed by atoms with E-state index in [-0.39, 0.29) is 11.3 Å². The minimum absolute atomic E-state index is 0.107. The molecule has 0 aromatic heterocycles. The molecule has 0 bridgehead atoms. The molecule has 0 saturated heterocycles. The van der Waals surface area contributed by atoms with Gasteiger partial charge >= 0.3 is 0 Å². The van der Waals surface area contributed by atoms with Crippen LogP contribution in [-0.2, 0) is 10.2 Å². The fraction of sp³-hybridized carbons (Fsp3) is 0.286. The van der Waals surface area contributed by atoms with Crippen LogP contribution < -0.4 is 10.1 Å². The average molecular weight is 323 g/mol. The summed E-state index contributed by atoms with van der Waals surface area (Å²) in [5, 5.41) is 2.87. The summed E-state index contributed by atoms with van der Waals surface area (Å²) in [6.07, 6.45) is 3.32. The van der Waals surface area contributed by atoms with Crippen LogP contribution in [0.15, 0.2) is 54.6 Å². The molecule has 0 aliphatic rings. The van der Waals surface area contributed by atoms with E-state index >= 15 is 0 Å². The van der Waals surface area contributed by atoms with Crippen LogP contribution in [-0.4, -0.2) is 12.5 Å². The van der Waals surface area contributed by atoms with Crippen LogP contribution in [0.5, 0.6) is 5.75 Å². The van der Waals surface area contributed by atoms with Gasteiger partial charge in [0.15, 0.2) is 0 Å². The maximum atomic E-state index is 12.0.